The normalized spacial score (nSPS) is 14.3. The fourth-order valence-corrected chi connectivity index (χ4v) is 2.89. The van der Waals surface area contributed by atoms with Gasteiger partial charge in [-0.05, 0) is 36.4 Å². The zero-order valence-corrected chi connectivity index (χ0v) is 16.4. The number of nitrogens with one attached hydrogen (secondary N) is 2. The summed E-state index contributed by atoms with van der Waals surface area (Å²) in [7, 11) is 0. The molecule has 2 N–H and O–H groups in total. The molecule has 0 aliphatic carbocycles. The molecule has 0 spiro atoms. The number of benzene rings is 1. The molecule has 9 nitrogen and oxygen atoms in total. The van der Waals surface area contributed by atoms with Crippen molar-refractivity contribution in [2.75, 3.05) is 39.3 Å². The molecule has 3 rings (SSSR count). The fourth-order valence-electron chi connectivity index (χ4n) is 2.76. The number of amides is 3. The largest absolute Gasteiger partial charge is 0.484 e. The van der Waals surface area contributed by atoms with Crippen LogP contribution in [0.5, 0.6) is 5.75 Å². The van der Waals surface area contributed by atoms with Crippen LogP contribution in [0.1, 0.15) is 10.6 Å². The summed E-state index contributed by atoms with van der Waals surface area (Å²) in [4.78, 5) is 39.6. The molecule has 1 aliphatic heterocycles. The monoisotopic (exact) mass is 420 g/mol. The number of hydrogen-bond acceptors (Lipinski definition) is 6. The number of hydrogen-bond donors (Lipinski definition) is 2. The Hall–Kier alpha value is -3.04. The Kier molecular flexibility index (Phi) is 7.09. The maximum atomic E-state index is 12.2. The van der Waals surface area contributed by atoms with Gasteiger partial charge in [-0.25, -0.2) is 0 Å². The van der Waals surface area contributed by atoms with E-state index in [9.17, 15) is 14.4 Å². The van der Waals surface area contributed by atoms with Crippen LogP contribution in [-0.2, 0) is 9.59 Å². The number of furan rings is 1. The molecule has 0 unspecified atom stereocenters. The fraction of sp³-hybridized carbons (Fsp3) is 0.316. The van der Waals surface area contributed by atoms with Gasteiger partial charge in [0.25, 0.3) is 17.7 Å². The van der Waals surface area contributed by atoms with Crippen molar-refractivity contribution >= 4 is 29.3 Å². The van der Waals surface area contributed by atoms with Gasteiger partial charge in [0.2, 0.25) is 0 Å². The van der Waals surface area contributed by atoms with E-state index in [0.29, 0.717) is 42.7 Å². The number of nitrogens with zero attached hydrogens (tertiary/aromatic N) is 2. The molecule has 1 fully saturated rings. The Morgan fingerprint density at radius 3 is 2.34 bits per heavy atom. The molecule has 10 heteroatoms. The highest BCUT2D eigenvalue weighted by molar-refractivity contribution is 6.30. The van der Waals surface area contributed by atoms with Gasteiger partial charge in [-0.15, -0.1) is 0 Å². The molecule has 1 saturated heterocycles. The van der Waals surface area contributed by atoms with Gasteiger partial charge in [-0.3, -0.25) is 30.1 Å². The zero-order valence-electron chi connectivity index (χ0n) is 15.6. The molecule has 1 aromatic carbocycles. The lowest BCUT2D eigenvalue weighted by Gasteiger charge is -2.33. The summed E-state index contributed by atoms with van der Waals surface area (Å²) in [5.41, 5.74) is 4.66. The summed E-state index contributed by atoms with van der Waals surface area (Å²) in [6.07, 6.45) is 1.46. The minimum Gasteiger partial charge on any atom is -0.484 e. The SMILES string of the molecule is O=C(COc1ccc(Cl)cc1)NNC(=O)CN1CCN(C(=O)c2ccco2)CC1. The lowest BCUT2D eigenvalue weighted by molar-refractivity contribution is -0.130. The van der Waals surface area contributed by atoms with Gasteiger partial charge in [0, 0.05) is 31.2 Å². The first-order chi connectivity index (χ1) is 14.0. The lowest BCUT2D eigenvalue weighted by atomic mass is 10.3. The molecular formula is C19H21ClN4O5. The first-order valence-electron chi connectivity index (χ1n) is 9.02. The number of hydrazine groups is 1. The highest BCUT2D eigenvalue weighted by Gasteiger charge is 2.24. The number of rotatable bonds is 6. The van der Waals surface area contributed by atoms with E-state index >= 15 is 0 Å². The summed E-state index contributed by atoms with van der Waals surface area (Å²) >= 11 is 5.78. The molecular weight excluding hydrogens is 400 g/mol. The molecule has 0 atom stereocenters. The number of piperazine rings is 1. The van der Waals surface area contributed by atoms with E-state index in [4.69, 9.17) is 20.8 Å². The maximum absolute atomic E-state index is 12.2. The van der Waals surface area contributed by atoms with Gasteiger partial charge in [0.1, 0.15) is 5.75 Å². The van der Waals surface area contributed by atoms with Gasteiger partial charge in [0.05, 0.1) is 12.8 Å². The molecule has 1 aromatic heterocycles. The Morgan fingerprint density at radius 1 is 1.00 bits per heavy atom. The van der Waals surface area contributed by atoms with E-state index in [1.54, 1.807) is 41.3 Å². The highest BCUT2D eigenvalue weighted by Crippen LogP contribution is 2.15. The van der Waals surface area contributed by atoms with Gasteiger partial charge in [0.15, 0.2) is 12.4 Å². The predicted octanol–water partition coefficient (Wildman–Crippen LogP) is 0.917. The van der Waals surface area contributed by atoms with E-state index in [-0.39, 0.29) is 25.0 Å². The molecule has 2 aromatic rings. The van der Waals surface area contributed by atoms with E-state index in [1.807, 2.05) is 4.90 Å². The highest BCUT2D eigenvalue weighted by atomic mass is 35.5. The number of halogens is 1. The van der Waals surface area contributed by atoms with Crippen molar-refractivity contribution in [1.29, 1.82) is 0 Å². The molecule has 0 bridgehead atoms. The van der Waals surface area contributed by atoms with Crippen LogP contribution in [0.3, 0.4) is 0 Å². The molecule has 2 heterocycles. The second-order valence-electron chi connectivity index (χ2n) is 6.38. The predicted molar refractivity (Wildman–Crippen MR) is 104 cm³/mol. The lowest BCUT2D eigenvalue weighted by Crippen LogP contribution is -2.53. The van der Waals surface area contributed by atoms with E-state index in [1.165, 1.54) is 6.26 Å². The van der Waals surface area contributed by atoms with Crippen molar-refractivity contribution in [3.63, 3.8) is 0 Å². The smallest absolute Gasteiger partial charge is 0.289 e. The summed E-state index contributed by atoms with van der Waals surface area (Å²) in [5.74, 6) is -0.192. The van der Waals surface area contributed by atoms with Crippen molar-refractivity contribution in [3.05, 3.63) is 53.4 Å². The average molecular weight is 421 g/mol. The third-order valence-electron chi connectivity index (χ3n) is 4.28. The van der Waals surface area contributed by atoms with Crippen LogP contribution in [0.15, 0.2) is 47.1 Å². The quantitative estimate of drug-likeness (QED) is 0.673. The number of ether oxygens (including phenoxy) is 1. The summed E-state index contributed by atoms with van der Waals surface area (Å²) in [5, 5.41) is 0.570. The van der Waals surface area contributed by atoms with Crippen molar-refractivity contribution < 1.29 is 23.5 Å². The van der Waals surface area contributed by atoms with Crippen LogP contribution >= 0.6 is 11.6 Å². The minimum absolute atomic E-state index is 0.112. The first-order valence-corrected chi connectivity index (χ1v) is 9.40. The molecule has 29 heavy (non-hydrogen) atoms. The summed E-state index contributed by atoms with van der Waals surface area (Å²) < 4.78 is 10.4. The van der Waals surface area contributed by atoms with Crippen LogP contribution in [0.4, 0.5) is 0 Å². The molecule has 154 valence electrons. The van der Waals surface area contributed by atoms with E-state index in [2.05, 4.69) is 10.9 Å². The van der Waals surface area contributed by atoms with Gasteiger partial charge in [-0.2, -0.15) is 0 Å². The Morgan fingerprint density at radius 2 is 1.69 bits per heavy atom. The van der Waals surface area contributed by atoms with Crippen molar-refractivity contribution in [3.8, 4) is 5.75 Å². The summed E-state index contributed by atoms with van der Waals surface area (Å²) in [6.45, 7) is 1.96. The number of carbonyl (C=O) groups excluding carboxylic acids is 3. The van der Waals surface area contributed by atoms with Crippen molar-refractivity contribution in [2.24, 2.45) is 0 Å². The molecule has 3 amide bonds. The van der Waals surface area contributed by atoms with E-state index in [0.717, 1.165) is 0 Å². The standard InChI is InChI=1S/C19H21ClN4O5/c20-14-3-5-15(6-4-14)29-13-18(26)22-21-17(25)12-23-7-9-24(10-8-23)19(27)16-2-1-11-28-16/h1-6,11H,7-10,12-13H2,(H,21,25)(H,22,26). The first kappa shape index (κ1) is 20.7. The topological polar surface area (TPSA) is 104 Å². The average Bonchev–Trinajstić information content (AvgIpc) is 3.27. The summed E-state index contributed by atoms with van der Waals surface area (Å²) in [6, 6.07) is 9.88. The Labute approximate surface area is 172 Å². The Balaban J connectivity index is 1.32. The van der Waals surface area contributed by atoms with Gasteiger partial charge in [-0.1, -0.05) is 11.6 Å². The van der Waals surface area contributed by atoms with E-state index < -0.39 is 5.91 Å². The second kappa shape index (κ2) is 9.94. The maximum Gasteiger partial charge on any atom is 0.289 e. The van der Waals surface area contributed by atoms with Crippen LogP contribution in [0.2, 0.25) is 5.02 Å². The number of carbonyl (C=O) groups is 3. The zero-order chi connectivity index (χ0) is 20.6. The molecule has 0 radical (unpaired) electrons. The Bertz CT molecular complexity index is 833. The van der Waals surface area contributed by atoms with Crippen LogP contribution in [-0.4, -0.2) is 66.9 Å². The van der Waals surface area contributed by atoms with Gasteiger partial charge < -0.3 is 14.1 Å². The molecule has 1 aliphatic rings. The molecule has 0 saturated carbocycles. The van der Waals surface area contributed by atoms with Crippen LogP contribution < -0.4 is 15.6 Å². The van der Waals surface area contributed by atoms with Crippen LogP contribution in [0, 0.1) is 0 Å². The van der Waals surface area contributed by atoms with Gasteiger partial charge >= 0.3 is 0 Å². The third kappa shape index (κ3) is 6.23. The van der Waals surface area contributed by atoms with Crippen molar-refractivity contribution in [1.82, 2.24) is 20.7 Å². The third-order valence-corrected chi connectivity index (χ3v) is 4.54. The minimum atomic E-state index is -0.484. The van der Waals surface area contributed by atoms with Crippen molar-refractivity contribution in [2.45, 2.75) is 0 Å². The van der Waals surface area contributed by atoms with Crippen LogP contribution in [0.25, 0.3) is 0 Å². The second-order valence-corrected chi connectivity index (χ2v) is 6.82.